The molecule has 3 aliphatic rings. The Bertz CT molecular complexity index is 1440. The van der Waals surface area contributed by atoms with Crippen molar-refractivity contribution in [1.82, 2.24) is 20.1 Å². The number of halogens is 3. The van der Waals surface area contributed by atoms with E-state index in [0.717, 1.165) is 21.1 Å². The van der Waals surface area contributed by atoms with Crippen molar-refractivity contribution < 1.29 is 62.5 Å². The van der Waals surface area contributed by atoms with E-state index < -0.39 is 65.5 Å². The molecule has 4 heterocycles. The number of allylic oxidation sites excluding steroid dienone is 1. The molecule has 7 N–H and O–H groups in total. The number of carbonyl (C=O) groups excluding carboxylic acids is 3. The van der Waals surface area contributed by atoms with E-state index in [1.165, 1.54) is 23.2 Å². The Morgan fingerprint density at radius 2 is 1.86 bits per heavy atom. The van der Waals surface area contributed by atoms with Gasteiger partial charge in [-0.1, -0.05) is 5.16 Å². The molecule has 4 rings (SSSR count). The van der Waals surface area contributed by atoms with Gasteiger partial charge in [-0.15, -0.1) is 23.1 Å². The van der Waals surface area contributed by atoms with Gasteiger partial charge in [0.2, 0.25) is 5.91 Å². The van der Waals surface area contributed by atoms with Crippen LogP contribution >= 0.6 is 23.1 Å². The summed E-state index contributed by atoms with van der Waals surface area (Å²) >= 11 is 2.21. The summed E-state index contributed by atoms with van der Waals surface area (Å²) in [7, 11) is 0. The van der Waals surface area contributed by atoms with E-state index >= 15 is 0 Å². The molecule has 2 fully saturated rings. The van der Waals surface area contributed by atoms with Crippen LogP contribution in [0.5, 0.6) is 0 Å². The van der Waals surface area contributed by atoms with E-state index in [0.29, 0.717) is 0 Å². The van der Waals surface area contributed by atoms with Crippen LogP contribution in [-0.4, -0.2) is 113 Å². The number of amides is 3. The number of hydrogen-bond acceptors (Lipinski definition) is 12. The second-order valence-electron chi connectivity index (χ2n) is 8.40. The number of oxime groups is 1. The van der Waals surface area contributed by atoms with Crippen molar-refractivity contribution >= 4 is 69.6 Å². The summed E-state index contributed by atoms with van der Waals surface area (Å²) in [5.41, 5.74) is 5.27. The smallest absolute Gasteiger partial charge is 0.480 e. The number of β-lactam (4-membered cyclic amide) rings is 1. The third kappa shape index (κ3) is 6.79. The van der Waals surface area contributed by atoms with Gasteiger partial charge in [-0.3, -0.25) is 24.1 Å². The normalized spacial score (nSPS) is 21.4. The summed E-state index contributed by atoms with van der Waals surface area (Å²) in [4.78, 5) is 75.7. The molecule has 42 heavy (non-hydrogen) atoms. The number of thiazole rings is 1. The fraction of sp³-hybridized carbons (Fsp3) is 0.333. The second kappa shape index (κ2) is 12.5. The second-order valence-corrected chi connectivity index (χ2v) is 10.4. The number of nitrogens with one attached hydrogen (secondary N) is 1. The molecular weight excluding hydrogens is 617 g/mol. The van der Waals surface area contributed by atoms with E-state index in [1.54, 1.807) is 0 Å². The highest BCUT2D eigenvalue weighted by Gasteiger charge is 2.54. The third-order valence-corrected chi connectivity index (χ3v) is 7.67. The van der Waals surface area contributed by atoms with E-state index in [-0.39, 0.29) is 46.4 Å². The van der Waals surface area contributed by atoms with Crippen LogP contribution in [0.4, 0.5) is 18.3 Å². The summed E-state index contributed by atoms with van der Waals surface area (Å²) in [6.45, 7) is -0.269. The first-order valence-electron chi connectivity index (χ1n) is 11.2. The number of nitrogens with zero attached hydrogens (tertiary/aromatic N) is 4. The Morgan fingerprint density at radius 3 is 2.36 bits per heavy atom. The Kier molecular flexibility index (Phi) is 9.46. The maximum absolute atomic E-state index is 12.8. The highest BCUT2D eigenvalue weighted by molar-refractivity contribution is 8.00. The number of thioether (sulfide) groups is 1. The number of nitrogen functional groups attached to an aromatic ring is 1. The van der Waals surface area contributed by atoms with E-state index in [4.69, 9.17) is 20.7 Å². The summed E-state index contributed by atoms with van der Waals surface area (Å²) < 4.78 is 31.7. The molecule has 2 atom stereocenters. The summed E-state index contributed by atoms with van der Waals surface area (Å²) in [5.74, 6) is -7.26. The Hall–Kier alpha value is -4.66. The maximum Gasteiger partial charge on any atom is 0.490 e. The summed E-state index contributed by atoms with van der Waals surface area (Å²) in [6.07, 6.45) is -3.45. The average molecular weight is 637 g/mol. The van der Waals surface area contributed by atoms with Gasteiger partial charge in [0.25, 0.3) is 11.8 Å². The molecule has 0 spiro atoms. The van der Waals surface area contributed by atoms with Crippen molar-refractivity contribution in [2.24, 2.45) is 5.16 Å². The number of likely N-dealkylation sites (tertiary alicyclic amines) is 1. The van der Waals surface area contributed by atoms with Crippen LogP contribution in [0, 0.1) is 0 Å². The van der Waals surface area contributed by atoms with Crippen LogP contribution in [0.3, 0.4) is 0 Å². The molecule has 16 nitrogen and oxygen atoms in total. The zero-order valence-electron chi connectivity index (χ0n) is 20.7. The standard InChI is InChI=1S/C19H18N6O8S2.C2HF3O2/c20-19-21-9(6-35-19)11(23-33)14(28)22-12-16(30)25-13(18(31)32)8(5-34-17(12)25)3-7-1-2-24(15(7)29)4-10(26)27;3-2(4,5)1(6)7/h3,6,12,17,33H,1-2,4-5H2,(H2,20,21)(H,22,28)(H,26,27)(H,31,32);(H,6,7)/b7-3+,23-11-;/t12-,17-;/m1./s1. The number of aromatic nitrogens is 1. The number of aliphatic carboxylic acids is 3. The van der Waals surface area contributed by atoms with Gasteiger partial charge in [0.15, 0.2) is 10.8 Å². The lowest BCUT2D eigenvalue weighted by atomic mass is 10.0. The number of carboxylic acids is 3. The van der Waals surface area contributed by atoms with Gasteiger partial charge >= 0.3 is 24.1 Å². The first kappa shape index (κ1) is 31.9. The number of nitrogens with two attached hydrogens (primary N) is 1. The molecule has 21 heteroatoms. The van der Waals surface area contributed by atoms with Crippen molar-refractivity contribution in [3.63, 3.8) is 0 Å². The third-order valence-electron chi connectivity index (χ3n) is 5.70. The van der Waals surface area contributed by atoms with E-state index in [9.17, 15) is 47.5 Å². The lowest BCUT2D eigenvalue weighted by Gasteiger charge is -2.49. The van der Waals surface area contributed by atoms with Crippen molar-refractivity contribution in [2.45, 2.75) is 24.0 Å². The summed E-state index contributed by atoms with van der Waals surface area (Å²) in [6, 6.07) is -1.08. The molecule has 0 aliphatic carbocycles. The SMILES string of the molecule is Nc1nc(/C(=N/O)C(=O)N[C@@H]2C(=O)N3C(C(=O)O)=C(/C=C4\CCN(CC(=O)O)C4=O)CS[C@H]23)cs1.O=C(O)C(F)(F)F. The van der Waals surface area contributed by atoms with Crippen LogP contribution in [-0.2, 0) is 28.8 Å². The Balaban J connectivity index is 0.000000616. The quantitative estimate of drug-likeness (QED) is 0.0728. The Morgan fingerprint density at radius 1 is 1.21 bits per heavy atom. The van der Waals surface area contributed by atoms with Gasteiger partial charge in [0.05, 0.1) is 0 Å². The maximum atomic E-state index is 12.8. The Labute approximate surface area is 239 Å². The van der Waals surface area contributed by atoms with Crippen LogP contribution in [0.2, 0.25) is 0 Å². The van der Waals surface area contributed by atoms with Crippen LogP contribution in [0.1, 0.15) is 12.1 Å². The lowest BCUT2D eigenvalue weighted by molar-refractivity contribution is -0.192. The van der Waals surface area contributed by atoms with Gasteiger partial charge in [-0.25, -0.2) is 14.6 Å². The molecule has 226 valence electrons. The average Bonchev–Trinajstić information content (AvgIpc) is 3.47. The van der Waals surface area contributed by atoms with Crippen LogP contribution in [0.25, 0.3) is 0 Å². The van der Waals surface area contributed by atoms with Crippen molar-refractivity contribution in [3.8, 4) is 0 Å². The molecule has 3 aliphatic heterocycles. The minimum absolute atomic E-state index is 0.0191. The fourth-order valence-electron chi connectivity index (χ4n) is 3.90. The first-order valence-corrected chi connectivity index (χ1v) is 13.2. The van der Waals surface area contributed by atoms with Gasteiger partial charge in [-0.2, -0.15) is 13.2 Å². The molecule has 2 saturated heterocycles. The van der Waals surface area contributed by atoms with Crippen molar-refractivity contribution in [3.05, 3.63) is 34.0 Å². The largest absolute Gasteiger partial charge is 0.490 e. The molecule has 0 saturated carbocycles. The van der Waals surface area contributed by atoms with Gasteiger partial charge in [-0.05, 0) is 18.1 Å². The number of alkyl halides is 3. The minimum atomic E-state index is -5.08. The molecule has 1 aromatic rings. The van der Waals surface area contributed by atoms with E-state index in [1.807, 2.05) is 0 Å². The predicted molar refractivity (Wildman–Crippen MR) is 135 cm³/mol. The van der Waals surface area contributed by atoms with E-state index in [2.05, 4.69) is 15.5 Å². The summed E-state index contributed by atoms with van der Waals surface area (Å²) in [5, 5.41) is 41.2. The molecule has 0 aromatic carbocycles. The van der Waals surface area contributed by atoms with Gasteiger partial charge < -0.3 is 36.5 Å². The number of fused-ring (bicyclic) bond motifs is 1. The molecule has 1 aromatic heterocycles. The number of carbonyl (C=O) groups is 6. The molecule has 0 bridgehead atoms. The fourth-order valence-corrected chi connectivity index (χ4v) is 5.75. The predicted octanol–water partition coefficient (Wildman–Crippen LogP) is -0.481. The number of carboxylic acid groups (broad SMARTS) is 3. The van der Waals surface area contributed by atoms with Gasteiger partial charge in [0, 0.05) is 23.3 Å². The molecule has 0 radical (unpaired) electrons. The minimum Gasteiger partial charge on any atom is -0.480 e. The first-order chi connectivity index (χ1) is 19.6. The highest BCUT2D eigenvalue weighted by atomic mass is 32.2. The zero-order valence-corrected chi connectivity index (χ0v) is 22.3. The molecular formula is C21H19F3N6O10S2. The number of anilines is 1. The van der Waals surface area contributed by atoms with Crippen molar-refractivity contribution in [2.75, 3.05) is 24.6 Å². The van der Waals surface area contributed by atoms with Crippen molar-refractivity contribution in [1.29, 1.82) is 0 Å². The lowest BCUT2D eigenvalue weighted by Crippen LogP contribution is -2.71. The number of hydrogen-bond donors (Lipinski definition) is 6. The topological polar surface area (TPSA) is 253 Å². The molecule has 3 amide bonds. The molecule has 0 unspecified atom stereocenters. The highest BCUT2D eigenvalue weighted by Crippen LogP contribution is 2.41. The number of rotatable bonds is 7. The zero-order chi connectivity index (χ0) is 31.5. The monoisotopic (exact) mass is 636 g/mol. The van der Waals surface area contributed by atoms with Crippen LogP contribution < -0.4 is 11.1 Å². The van der Waals surface area contributed by atoms with Crippen LogP contribution in [0.15, 0.2) is 33.5 Å². The van der Waals surface area contributed by atoms with Gasteiger partial charge in [0.1, 0.15) is 29.4 Å².